The lowest BCUT2D eigenvalue weighted by Gasteiger charge is -2.16. The van der Waals surface area contributed by atoms with E-state index in [2.05, 4.69) is 38.8 Å². The summed E-state index contributed by atoms with van der Waals surface area (Å²) in [7, 11) is 0. The van der Waals surface area contributed by atoms with Crippen LogP contribution in [0.25, 0.3) is 5.57 Å². The highest BCUT2D eigenvalue weighted by Crippen LogP contribution is 2.23. The molecule has 0 radical (unpaired) electrons. The quantitative estimate of drug-likeness (QED) is 0.776. The Hall–Kier alpha value is -2.78. The molecule has 0 unspecified atom stereocenters. The van der Waals surface area contributed by atoms with E-state index in [0.29, 0.717) is 17.8 Å². The molecule has 2 aromatic rings. The first kappa shape index (κ1) is 12.3. The molecule has 1 aromatic carbocycles. The number of H-pyrrole nitrogens is 1. The lowest BCUT2D eigenvalue weighted by atomic mass is 10.1. The first-order valence-electron chi connectivity index (χ1n) is 6.26. The van der Waals surface area contributed by atoms with Crippen LogP contribution in [0.5, 0.6) is 0 Å². The molecular formula is C14H14N6. The maximum absolute atomic E-state index is 9.10. The van der Waals surface area contributed by atoms with Gasteiger partial charge in [0, 0.05) is 24.9 Å². The normalized spacial score (nSPS) is 14.7. The van der Waals surface area contributed by atoms with Gasteiger partial charge in [-0.1, -0.05) is 30.3 Å². The topological polar surface area (TPSA) is 93.8 Å². The van der Waals surface area contributed by atoms with Crippen molar-refractivity contribution < 1.29 is 0 Å². The number of nitrogens with one attached hydrogen (secondary N) is 2. The van der Waals surface area contributed by atoms with Crippen molar-refractivity contribution in [3.8, 4) is 6.07 Å². The maximum Gasteiger partial charge on any atom is 0.163 e. The summed E-state index contributed by atoms with van der Waals surface area (Å²) < 4.78 is 0. The number of nitriles is 1. The summed E-state index contributed by atoms with van der Waals surface area (Å²) in [5, 5.41) is 17.9. The molecule has 0 saturated carbocycles. The summed E-state index contributed by atoms with van der Waals surface area (Å²) in [5.74, 6) is 0.241. The third-order valence-electron chi connectivity index (χ3n) is 3.23. The van der Waals surface area contributed by atoms with Gasteiger partial charge in [-0.05, 0) is 5.56 Å². The second-order valence-corrected chi connectivity index (χ2v) is 4.61. The number of benzene rings is 1. The average molecular weight is 266 g/mol. The number of aromatic nitrogens is 2. The van der Waals surface area contributed by atoms with Crippen LogP contribution in [0.15, 0.2) is 36.5 Å². The van der Waals surface area contributed by atoms with Crippen LogP contribution in [-0.4, -0.2) is 21.8 Å². The summed E-state index contributed by atoms with van der Waals surface area (Å²) in [5.41, 5.74) is 12.1. The minimum absolute atomic E-state index is 0.241. The van der Waals surface area contributed by atoms with Gasteiger partial charge >= 0.3 is 0 Å². The minimum atomic E-state index is 0.241. The summed E-state index contributed by atoms with van der Waals surface area (Å²) in [6.45, 7) is 1.47. The molecule has 1 aromatic heterocycles. The van der Waals surface area contributed by atoms with Gasteiger partial charge < -0.3 is 11.2 Å². The molecule has 0 atom stereocenters. The standard InChI is InChI=1S/C14H14N6/c15-6-12-13(18-19-14(12)16)11-7-17-20(9-11)8-10-4-2-1-3-5-10/h1-5,7,17H,8-9H2,(H3,16,18,19). The molecule has 20 heavy (non-hydrogen) atoms. The molecule has 1 aliphatic rings. The molecule has 3 rings (SSSR count). The van der Waals surface area contributed by atoms with Gasteiger partial charge in [-0.15, -0.1) is 0 Å². The van der Waals surface area contributed by atoms with E-state index in [0.717, 1.165) is 12.1 Å². The number of anilines is 1. The van der Waals surface area contributed by atoms with Crippen LogP contribution < -0.4 is 11.2 Å². The Kier molecular flexibility index (Phi) is 3.11. The smallest absolute Gasteiger partial charge is 0.163 e. The van der Waals surface area contributed by atoms with Gasteiger partial charge in [0.1, 0.15) is 11.6 Å². The number of nitrogens with two attached hydrogens (primary N) is 1. The number of rotatable bonds is 3. The second-order valence-electron chi connectivity index (χ2n) is 4.61. The Labute approximate surface area is 116 Å². The molecule has 0 fully saturated rings. The zero-order chi connectivity index (χ0) is 13.9. The van der Waals surface area contributed by atoms with Crippen molar-refractivity contribution in [2.24, 2.45) is 0 Å². The van der Waals surface area contributed by atoms with E-state index in [1.165, 1.54) is 5.56 Å². The Morgan fingerprint density at radius 2 is 2.15 bits per heavy atom. The van der Waals surface area contributed by atoms with Gasteiger partial charge in [0.15, 0.2) is 5.82 Å². The van der Waals surface area contributed by atoms with Crippen LogP contribution in [-0.2, 0) is 6.54 Å². The molecule has 4 N–H and O–H groups in total. The van der Waals surface area contributed by atoms with E-state index in [9.17, 15) is 0 Å². The zero-order valence-electron chi connectivity index (χ0n) is 10.8. The Morgan fingerprint density at radius 1 is 1.35 bits per heavy atom. The van der Waals surface area contributed by atoms with E-state index in [4.69, 9.17) is 11.0 Å². The summed E-state index contributed by atoms with van der Waals surface area (Å²) in [6.07, 6.45) is 1.87. The summed E-state index contributed by atoms with van der Waals surface area (Å²) in [4.78, 5) is 0. The van der Waals surface area contributed by atoms with Gasteiger partial charge in [-0.3, -0.25) is 5.10 Å². The highest BCUT2D eigenvalue weighted by atomic mass is 15.5. The Morgan fingerprint density at radius 3 is 2.90 bits per heavy atom. The number of hydrazine groups is 1. The minimum Gasteiger partial charge on any atom is -0.381 e. The number of nitrogens with zero attached hydrogens (tertiary/aromatic N) is 3. The fourth-order valence-electron chi connectivity index (χ4n) is 2.22. The predicted octanol–water partition coefficient (Wildman–Crippen LogP) is 1.22. The molecule has 0 amide bonds. The molecule has 0 saturated heterocycles. The monoisotopic (exact) mass is 266 g/mol. The van der Waals surface area contributed by atoms with Crippen molar-refractivity contribution >= 4 is 11.4 Å². The van der Waals surface area contributed by atoms with Gasteiger partial charge in [-0.2, -0.15) is 10.4 Å². The van der Waals surface area contributed by atoms with Gasteiger partial charge in [0.05, 0.1) is 5.69 Å². The lowest BCUT2D eigenvalue weighted by molar-refractivity contribution is 0.259. The highest BCUT2D eigenvalue weighted by Gasteiger charge is 2.21. The molecule has 100 valence electrons. The molecular weight excluding hydrogens is 252 g/mol. The van der Waals surface area contributed by atoms with Crippen molar-refractivity contribution in [2.75, 3.05) is 12.3 Å². The fourth-order valence-corrected chi connectivity index (χ4v) is 2.22. The Bertz CT molecular complexity index is 679. The first-order chi connectivity index (χ1) is 9.78. The van der Waals surface area contributed by atoms with Gasteiger partial charge in [-0.25, -0.2) is 5.01 Å². The second kappa shape index (κ2) is 5.07. The predicted molar refractivity (Wildman–Crippen MR) is 75.7 cm³/mol. The number of aromatic amines is 1. The van der Waals surface area contributed by atoms with E-state index in [-0.39, 0.29) is 5.82 Å². The average Bonchev–Trinajstić information content (AvgIpc) is 3.06. The van der Waals surface area contributed by atoms with E-state index >= 15 is 0 Å². The fraction of sp³-hybridized carbons (Fsp3) is 0.143. The van der Waals surface area contributed by atoms with Crippen molar-refractivity contribution in [2.45, 2.75) is 6.54 Å². The molecule has 2 heterocycles. The van der Waals surface area contributed by atoms with Gasteiger partial charge in [0.25, 0.3) is 0 Å². The molecule has 0 spiro atoms. The molecule has 6 nitrogen and oxygen atoms in total. The van der Waals surface area contributed by atoms with E-state index in [1.54, 1.807) is 0 Å². The SMILES string of the molecule is N#Cc1c(N)n[nH]c1C1=CNN(Cc2ccccc2)C1. The lowest BCUT2D eigenvalue weighted by Crippen LogP contribution is -2.29. The Balaban J connectivity index is 1.72. The van der Waals surface area contributed by atoms with Crippen LogP contribution >= 0.6 is 0 Å². The largest absolute Gasteiger partial charge is 0.381 e. The van der Waals surface area contributed by atoms with Gasteiger partial charge in [0.2, 0.25) is 0 Å². The third-order valence-corrected chi connectivity index (χ3v) is 3.23. The van der Waals surface area contributed by atoms with Crippen molar-refractivity contribution in [1.82, 2.24) is 20.6 Å². The summed E-state index contributed by atoms with van der Waals surface area (Å²) in [6, 6.07) is 12.3. The van der Waals surface area contributed by atoms with Crippen LogP contribution in [0.1, 0.15) is 16.8 Å². The van der Waals surface area contributed by atoms with Crippen molar-refractivity contribution in [1.29, 1.82) is 5.26 Å². The number of hydrogen-bond acceptors (Lipinski definition) is 5. The molecule has 6 heteroatoms. The van der Waals surface area contributed by atoms with E-state index in [1.807, 2.05) is 24.4 Å². The first-order valence-corrected chi connectivity index (χ1v) is 6.26. The van der Waals surface area contributed by atoms with Crippen molar-refractivity contribution in [3.05, 3.63) is 53.4 Å². The maximum atomic E-state index is 9.10. The highest BCUT2D eigenvalue weighted by molar-refractivity contribution is 5.73. The van der Waals surface area contributed by atoms with Crippen LogP contribution in [0.2, 0.25) is 0 Å². The number of hydrogen-bond donors (Lipinski definition) is 3. The third kappa shape index (κ3) is 2.22. The zero-order valence-corrected chi connectivity index (χ0v) is 10.8. The molecule has 0 aliphatic carbocycles. The molecule has 1 aliphatic heterocycles. The van der Waals surface area contributed by atoms with Crippen LogP contribution in [0, 0.1) is 11.3 Å². The van der Waals surface area contributed by atoms with Crippen LogP contribution in [0.3, 0.4) is 0 Å². The van der Waals surface area contributed by atoms with E-state index < -0.39 is 0 Å². The molecule has 0 bridgehead atoms. The number of nitrogen functional groups attached to an aromatic ring is 1. The van der Waals surface area contributed by atoms with Crippen LogP contribution in [0.4, 0.5) is 5.82 Å². The van der Waals surface area contributed by atoms with Crippen molar-refractivity contribution in [3.63, 3.8) is 0 Å². The summed E-state index contributed by atoms with van der Waals surface area (Å²) >= 11 is 0.